The number of hydrogen-bond donors (Lipinski definition) is 3. The van der Waals surface area contributed by atoms with Gasteiger partial charge in [-0.3, -0.25) is 19.4 Å². The maximum atomic E-state index is 13.2. The van der Waals surface area contributed by atoms with E-state index in [0.29, 0.717) is 27.8 Å². The molecule has 2 heterocycles. The Morgan fingerprint density at radius 1 is 1.00 bits per heavy atom. The van der Waals surface area contributed by atoms with Crippen LogP contribution in [0, 0.1) is 6.92 Å². The number of amides is 2. The highest BCUT2D eigenvalue weighted by Crippen LogP contribution is 2.28. The second-order valence-corrected chi connectivity index (χ2v) is 9.92. The van der Waals surface area contributed by atoms with Crippen LogP contribution in [-0.4, -0.2) is 44.3 Å². The number of esters is 1. The second kappa shape index (κ2) is 10.7. The van der Waals surface area contributed by atoms with Crippen molar-refractivity contribution in [2.45, 2.75) is 33.3 Å². The van der Waals surface area contributed by atoms with E-state index >= 15 is 0 Å². The third-order valence-corrected chi connectivity index (χ3v) is 5.83. The van der Waals surface area contributed by atoms with Gasteiger partial charge in [-0.25, -0.2) is 4.98 Å². The number of fused-ring (bicyclic) bond motifs is 1. The van der Waals surface area contributed by atoms with Gasteiger partial charge in [0.1, 0.15) is 23.0 Å². The average Bonchev–Trinajstić information content (AvgIpc) is 3.21. The molecular formula is C26H26N6O4S. The van der Waals surface area contributed by atoms with E-state index in [1.165, 1.54) is 6.07 Å². The molecule has 0 radical (unpaired) electrons. The van der Waals surface area contributed by atoms with Gasteiger partial charge < -0.3 is 20.7 Å². The topological polar surface area (TPSA) is 135 Å². The minimum atomic E-state index is -0.644. The van der Waals surface area contributed by atoms with Crippen molar-refractivity contribution in [1.82, 2.24) is 19.7 Å². The summed E-state index contributed by atoms with van der Waals surface area (Å²) in [5.74, 6) is -0.914. The SMILES string of the molecule is Cc1nsc(Nc2cnc3ccccc3n2)c1C(=O)Nc1cccc(C(=O)NCC(=O)OC(C)(C)C)c1. The largest absolute Gasteiger partial charge is 0.459 e. The molecule has 10 nitrogen and oxygen atoms in total. The predicted molar refractivity (Wildman–Crippen MR) is 142 cm³/mol. The summed E-state index contributed by atoms with van der Waals surface area (Å²) in [6.07, 6.45) is 1.60. The van der Waals surface area contributed by atoms with E-state index in [9.17, 15) is 14.4 Å². The van der Waals surface area contributed by atoms with Gasteiger partial charge >= 0.3 is 5.97 Å². The minimum Gasteiger partial charge on any atom is -0.459 e. The zero-order chi connectivity index (χ0) is 26.6. The standard InChI is InChI=1S/C26H26N6O4S/c1-15-22(25(37-32-15)31-20-13-27-18-10-5-6-11-19(18)30-20)24(35)29-17-9-7-8-16(12-17)23(34)28-14-21(33)36-26(2,3)4/h5-13H,14H2,1-4H3,(H,28,34)(H,29,35)(H,30,31). The van der Waals surface area contributed by atoms with E-state index in [0.717, 1.165) is 22.6 Å². The number of nitrogens with one attached hydrogen (secondary N) is 3. The molecule has 0 bridgehead atoms. The molecular weight excluding hydrogens is 492 g/mol. The van der Waals surface area contributed by atoms with Gasteiger partial charge in [-0.15, -0.1) is 0 Å². The van der Waals surface area contributed by atoms with E-state index in [4.69, 9.17) is 4.74 Å². The van der Waals surface area contributed by atoms with E-state index in [2.05, 4.69) is 30.3 Å². The summed E-state index contributed by atoms with van der Waals surface area (Å²) in [4.78, 5) is 46.5. The van der Waals surface area contributed by atoms with Gasteiger partial charge in [0.15, 0.2) is 0 Å². The van der Waals surface area contributed by atoms with Crippen molar-refractivity contribution < 1.29 is 19.1 Å². The smallest absolute Gasteiger partial charge is 0.325 e. The van der Waals surface area contributed by atoms with Crippen molar-refractivity contribution in [2.75, 3.05) is 17.2 Å². The molecule has 11 heteroatoms. The Hall–Kier alpha value is -4.38. The normalized spacial score (nSPS) is 11.1. The molecule has 2 aromatic carbocycles. The van der Waals surface area contributed by atoms with Gasteiger partial charge in [-0.05, 0) is 69.6 Å². The summed E-state index contributed by atoms with van der Waals surface area (Å²) in [5, 5.41) is 9.00. The molecule has 2 amide bonds. The highest BCUT2D eigenvalue weighted by atomic mass is 32.1. The molecule has 3 N–H and O–H groups in total. The lowest BCUT2D eigenvalue weighted by atomic mass is 10.1. The quantitative estimate of drug-likeness (QED) is 0.305. The molecule has 4 rings (SSSR count). The van der Waals surface area contributed by atoms with Gasteiger partial charge in [-0.1, -0.05) is 18.2 Å². The summed E-state index contributed by atoms with van der Waals surface area (Å²) in [7, 11) is 0. The monoisotopic (exact) mass is 518 g/mol. The average molecular weight is 519 g/mol. The molecule has 0 saturated heterocycles. The van der Waals surface area contributed by atoms with E-state index in [1.807, 2.05) is 24.3 Å². The van der Waals surface area contributed by atoms with Crippen molar-refractivity contribution in [3.63, 3.8) is 0 Å². The molecule has 0 aliphatic carbocycles. The van der Waals surface area contributed by atoms with Crippen molar-refractivity contribution in [1.29, 1.82) is 0 Å². The zero-order valence-corrected chi connectivity index (χ0v) is 21.6. The van der Waals surface area contributed by atoms with Crippen LogP contribution in [0.3, 0.4) is 0 Å². The number of nitrogens with zero attached hydrogens (tertiary/aromatic N) is 3. The van der Waals surface area contributed by atoms with Crippen LogP contribution < -0.4 is 16.0 Å². The van der Waals surface area contributed by atoms with Crippen molar-refractivity contribution >= 4 is 56.9 Å². The van der Waals surface area contributed by atoms with Crippen LogP contribution in [0.5, 0.6) is 0 Å². The van der Waals surface area contributed by atoms with Crippen molar-refractivity contribution in [2.24, 2.45) is 0 Å². The number of carbonyl (C=O) groups excluding carboxylic acids is 3. The molecule has 37 heavy (non-hydrogen) atoms. The van der Waals surface area contributed by atoms with Crippen LogP contribution in [0.4, 0.5) is 16.5 Å². The fourth-order valence-corrected chi connectivity index (χ4v) is 4.22. The maximum Gasteiger partial charge on any atom is 0.325 e. The Balaban J connectivity index is 1.45. The Bertz CT molecular complexity index is 1480. The number of rotatable bonds is 7. The van der Waals surface area contributed by atoms with E-state index < -0.39 is 23.4 Å². The van der Waals surface area contributed by atoms with E-state index in [1.54, 1.807) is 52.1 Å². The number of anilines is 3. The van der Waals surface area contributed by atoms with Gasteiger partial charge in [0.25, 0.3) is 11.8 Å². The van der Waals surface area contributed by atoms with Crippen LogP contribution >= 0.6 is 11.5 Å². The summed E-state index contributed by atoms with van der Waals surface area (Å²) >= 11 is 1.14. The number of carbonyl (C=O) groups is 3. The Morgan fingerprint density at radius 2 is 1.76 bits per heavy atom. The van der Waals surface area contributed by atoms with Crippen LogP contribution in [0.25, 0.3) is 11.0 Å². The van der Waals surface area contributed by atoms with Gasteiger partial charge in [0, 0.05) is 11.3 Å². The Morgan fingerprint density at radius 3 is 2.51 bits per heavy atom. The fraction of sp³-hybridized carbons (Fsp3) is 0.231. The van der Waals surface area contributed by atoms with Gasteiger partial charge in [0.2, 0.25) is 0 Å². The molecule has 0 unspecified atom stereocenters. The van der Waals surface area contributed by atoms with Crippen molar-refractivity contribution in [3.8, 4) is 0 Å². The van der Waals surface area contributed by atoms with Gasteiger partial charge in [-0.2, -0.15) is 4.37 Å². The first-order valence-electron chi connectivity index (χ1n) is 11.5. The molecule has 0 fully saturated rings. The molecule has 2 aromatic heterocycles. The number of benzene rings is 2. The van der Waals surface area contributed by atoms with Crippen LogP contribution in [-0.2, 0) is 9.53 Å². The number of hydrogen-bond acceptors (Lipinski definition) is 9. The maximum absolute atomic E-state index is 13.2. The predicted octanol–water partition coefficient (Wildman–Crippen LogP) is 4.46. The van der Waals surface area contributed by atoms with Gasteiger partial charge in [0.05, 0.1) is 28.5 Å². The van der Waals surface area contributed by atoms with Crippen LogP contribution in [0.1, 0.15) is 47.2 Å². The number of ether oxygens (including phenoxy) is 1. The first-order valence-corrected chi connectivity index (χ1v) is 12.2. The second-order valence-electron chi connectivity index (χ2n) is 9.15. The third-order valence-electron chi connectivity index (χ3n) is 4.98. The summed E-state index contributed by atoms with van der Waals surface area (Å²) in [5.41, 5.74) is 2.45. The molecule has 0 spiro atoms. The molecule has 0 aliphatic rings. The highest BCUT2D eigenvalue weighted by molar-refractivity contribution is 7.10. The lowest BCUT2D eigenvalue weighted by Crippen LogP contribution is -2.34. The fourth-order valence-electron chi connectivity index (χ4n) is 3.42. The summed E-state index contributed by atoms with van der Waals surface area (Å²) in [6, 6.07) is 13.9. The molecule has 4 aromatic rings. The number of aromatic nitrogens is 3. The Labute approximate surface area is 217 Å². The van der Waals surface area contributed by atoms with Crippen molar-refractivity contribution in [3.05, 3.63) is 71.5 Å². The molecule has 190 valence electrons. The molecule has 0 aliphatic heterocycles. The van der Waals surface area contributed by atoms with Crippen LogP contribution in [0.2, 0.25) is 0 Å². The van der Waals surface area contributed by atoms with Crippen LogP contribution in [0.15, 0.2) is 54.7 Å². The zero-order valence-electron chi connectivity index (χ0n) is 20.8. The number of para-hydroxylation sites is 2. The summed E-state index contributed by atoms with van der Waals surface area (Å²) in [6.45, 7) is 6.72. The third kappa shape index (κ3) is 6.64. The molecule has 0 saturated carbocycles. The first kappa shape index (κ1) is 25.7. The summed E-state index contributed by atoms with van der Waals surface area (Å²) < 4.78 is 9.51. The lowest BCUT2D eigenvalue weighted by Gasteiger charge is -2.19. The lowest BCUT2D eigenvalue weighted by molar-refractivity contribution is -0.153. The van der Waals surface area contributed by atoms with E-state index in [-0.39, 0.29) is 12.1 Å². The minimum absolute atomic E-state index is 0.265. The molecule has 0 atom stereocenters. The first-order chi connectivity index (χ1) is 17.6. The highest BCUT2D eigenvalue weighted by Gasteiger charge is 2.21. The number of aryl methyl sites for hydroxylation is 1. The Kier molecular flexibility index (Phi) is 7.44.